The van der Waals surface area contributed by atoms with Crippen LogP contribution in [0, 0.1) is 0 Å². The molecule has 0 saturated carbocycles. The zero-order valence-corrected chi connectivity index (χ0v) is 18.6. The highest BCUT2D eigenvalue weighted by molar-refractivity contribution is 5.94. The number of hydrogen-bond acceptors (Lipinski definition) is 6. The number of carbonyl (C=O) groups excluding carboxylic acids is 1. The molecule has 4 rings (SSSR count). The number of amides is 1. The fourth-order valence-electron chi connectivity index (χ4n) is 3.54. The van der Waals surface area contributed by atoms with Crippen LogP contribution in [0.25, 0.3) is 22.6 Å². The molecule has 0 aliphatic heterocycles. The molecule has 0 spiro atoms. The summed E-state index contributed by atoms with van der Waals surface area (Å²) in [5.41, 5.74) is 3.25. The van der Waals surface area contributed by atoms with E-state index < -0.39 is 6.10 Å². The molecule has 2 N–H and O–H groups in total. The number of furan rings is 1. The van der Waals surface area contributed by atoms with Gasteiger partial charge in [-0.25, -0.2) is 0 Å². The van der Waals surface area contributed by atoms with Crippen molar-refractivity contribution in [3.63, 3.8) is 0 Å². The molecule has 8 heteroatoms. The van der Waals surface area contributed by atoms with E-state index in [1.54, 1.807) is 51.8 Å². The van der Waals surface area contributed by atoms with Gasteiger partial charge in [-0.05, 0) is 42.0 Å². The van der Waals surface area contributed by atoms with Crippen LogP contribution in [0.15, 0.2) is 71.3 Å². The second kappa shape index (κ2) is 9.62. The molecule has 0 bridgehead atoms. The lowest BCUT2D eigenvalue weighted by Crippen LogP contribution is -2.29. The van der Waals surface area contributed by atoms with Crippen LogP contribution in [-0.4, -0.2) is 41.6 Å². The zero-order valence-electron chi connectivity index (χ0n) is 18.6. The summed E-state index contributed by atoms with van der Waals surface area (Å²) < 4.78 is 17.6. The number of rotatable bonds is 8. The first-order valence-electron chi connectivity index (χ1n) is 10.4. The highest BCUT2D eigenvalue weighted by Crippen LogP contribution is 2.33. The first-order valence-corrected chi connectivity index (χ1v) is 10.4. The first kappa shape index (κ1) is 22.2. The number of hydrogen-bond donors (Lipinski definition) is 2. The molecule has 0 saturated heterocycles. The number of aromatic nitrogens is 2. The molecule has 33 heavy (non-hydrogen) atoms. The Labute approximate surface area is 191 Å². The van der Waals surface area contributed by atoms with E-state index in [0.29, 0.717) is 34.0 Å². The summed E-state index contributed by atoms with van der Waals surface area (Å²) in [5.74, 6) is 1.69. The molecule has 0 fully saturated rings. The fraction of sp³-hybridized carbons (Fsp3) is 0.200. The van der Waals surface area contributed by atoms with Gasteiger partial charge in [0.15, 0.2) is 0 Å². The van der Waals surface area contributed by atoms with Crippen LogP contribution >= 0.6 is 0 Å². The molecule has 0 radical (unpaired) electrons. The van der Waals surface area contributed by atoms with Crippen LogP contribution in [0.3, 0.4) is 0 Å². The number of benzene rings is 2. The van der Waals surface area contributed by atoms with E-state index in [1.807, 2.05) is 36.4 Å². The van der Waals surface area contributed by atoms with Crippen molar-refractivity contribution in [1.29, 1.82) is 0 Å². The van der Waals surface area contributed by atoms with Crippen LogP contribution in [-0.2, 0) is 7.05 Å². The SMILES string of the molecule is COc1ccc(OC)c(-c2cc(C(=O)NC[C@@H](O)c3ccc(-c4ccco4)cc3)n(C)n2)c1. The van der Waals surface area contributed by atoms with Crippen LogP contribution in [0.1, 0.15) is 22.2 Å². The summed E-state index contributed by atoms with van der Waals surface area (Å²) in [4.78, 5) is 12.8. The Bertz CT molecular complexity index is 1230. The lowest BCUT2D eigenvalue weighted by Gasteiger charge is -2.12. The third kappa shape index (κ3) is 4.75. The zero-order chi connectivity index (χ0) is 23.4. The predicted molar refractivity (Wildman–Crippen MR) is 123 cm³/mol. The normalized spacial score (nSPS) is 11.8. The topological polar surface area (TPSA) is 98.8 Å². The van der Waals surface area contributed by atoms with E-state index in [-0.39, 0.29) is 12.5 Å². The molecule has 170 valence electrons. The van der Waals surface area contributed by atoms with Crippen molar-refractivity contribution < 1.29 is 23.8 Å². The Kier molecular flexibility index (Phi) is 6.46. The van der Waals surface area contributed by atoms with Gasteiger partial charge in [0.25, 0.3) is 5.91 Å². The molecule has 2 aromatic carbocycles. The Morgan fingerprint density at radius 3 is 2.58 bits per heavy atom. The number of methoxy groups -OCH3 is 2. The Morgan fingerprint density at radius 2 is 1.91 bits per heavy atom. The van der Waals surface area contributed by atoms with E-state index in [9.17, 15) is 9.90 Å². The molecule has 4 aromatic rings. The standard InChI is InChI=1S/C25H25N3O5/c1-28-21(14-20(27-28)19-13-18(31-2)10-11-24(19)32-3)25(30)26-15-22(29)16-6-8-17(9-7-16)23-5-4-12-33-23/h4-14,22,29H,15H2,1-3H3,(H,26,30)/t22-/m1/s1. The Hall–Kier alpha value is -4.04. The average Bonchev–Trinajstić information content (AvgIpc) is 3.52. The second-order valence-corrected chi connectivity index (χ2v) is 7.43. The van der Waals surface area contributed by atoms with Crippen LogP contribution in [0.5, 0.6) is 11.5 Å². The average molecular weight is 447 g/mol. The number of aliphatic hydroxyl groups is 1. The maximum absolute atomic E-state index is 12.8. The summed E-state index contributed by atoms with van der Waals surface area (Å²) in [5, 5.41) is 17.8. The quantitative estimate of drug-likeness (QED) is 0.426. The van der Waals surface area contributed by atoms with E-state index in [0.717, 1.165) is 11.3 Å². The monoisotopic (exact) mass is 447 g/mol. The van der Waals surface area contributed by atoms with E-state index >= 15 is 0 Å². The third-order valence-electron chi connectivity index (χ3n) is 5.35. The number of nitrogens with zero attached hydrogens (tertiary/aromatic N) is 2. The summed E-state index contributed by atoms with van der Waals surface area (Å²) in [6, 6.07) is 18.1. The van der Waals surface area contributed by atoms with Crippen molar-refractivity contribution in [2.45, 2.75) is 6.10 Å². The summed E-state index contributed by atoms with van der Waals surface area (Å²) in [6.45, 7) is 0.0575. The van der Waals surface area contributed by atoms with Gasteiger partial charge in [0, 0.05) is 24.7 Å². The van der Waals surface area contributed by atoms with E-state index in [2.05, 4.69) is 10.4 Å². The maximum atomic E-state index is 12.8. The lowest BCUT2D eigenvalue weighted by atomic mass is 10.1. The number of aryl methyl sites for hydroxylation is 1. The van der Waals surface area contributed by atoms with E-state index in [1.165, 1.54) is 4.68 Å². The van der Waals surface area contributed by atoms with Gasteiger partial charge in [0.1, 0.15) is 23.0 Å². The van der Waals surface area contributed by atoms with Gasteiger partial charge in [-0.3, -0.25) is 9.48 Å². The van der Waals surface area contributed by atoms with Crippen molar-refractivity contribution in [2.75, 3.05) is 20.8 Å². The van der Waals surface area contributed by atoms with Crippen LogP contribution in [0.4, 0.5) is 0 Å². The molecule has 2 heterocycles. The van der Waals surface area contributed by atoms with Crippen molar-refractivity contribution in [2.24, 2.45) is 7.05 Å². The summed E-state index contributed by atoms with van der Waals surface area (Å²) >= 11 is 0. The molecule has 1 amide bonds. The van der Waals surface area contributed by atoms with Crippen LogP contribution in [0.2, 0.25) is 0 Å². The minimum Gasteiger partial charge on any atom is -0.497 e. The molecule has 2 aromatic heterocycles. The van der Waals surface area contributed by atoms with Crippen molar-refractivity contribution >= 4 is 5.91 Å². The Balaban J connectivity index is 1.45. The molecule has 0 aliphatic carbocycles. The third-order valence-corrected chi connectivity index (χ3v) is 5.35. The van der Waals surface area contributed by atoms with Gasteiger partial charge in [-0.1, -0.05) is 24.3 Å². The minimum atomic E-state index is -0.856. The largest absolute Gasteiger partial charge is 0.497 e. The van der Waals surface area contributed by atoms with Gasteiger partial charge >= 0.3 is 0 Å². The van der Waals surface area contributed by atoms with Crippen LogP contribution < -0.4 is 14.8 Å². The molecular weight excluding hydrogens is 422 g/mol. The maximum Gasteiger partial charge on any atom is 0.269 e. The predicted octanol–water partition coefficient (Wildman–Crippen LogP) is 3.83. The molecule has 0 unspecified atom stereocenters. The second-order valence-electron chi connectivity index (χ2n) is 7.43. The number of nitrogens with one attached hydrogen (secondary N) is 1. The smallest absolute Gasteiger partial charge is 0.269 e. The first-order chi connectivity index (χ1) is 16.0. The van der Waals surface area contributed by atoms with E-state index in [4.69, 9.17) is 13.9 Å². The van der Waals surface area contributed by atoms with Gasteiger partial charge in [0.05, 0.1) is 32.3 Å². The van der Waals surface area contributed by atoms with Gasteiger partial charge in [-0.2, -0.15) is 5.10 Å². The molecule has 8 nitrogen and oxygen atoms in total. The fourth-order valence-corrected chi connectivity index (χ4v) is 3.54. The number of carbonyl (C=O) groups is 1. The molecular formula is C25H25N3O5. The molecule has 0 aliphatic rings. The minimum absolute atomic E-state index is 0.0575. The van der Waals surface area contributed by atoms with Gasteiger partial charge in [0.2, 0.25) is 0 Å². The van der Waals surface area contributed by atoms with Gasteiger partial charge < -0.3 is 24.3 Å². The Morgan fingerprint density at radius 1 is 1.12 bits per heavy atom. The van der Waals surface area contributed by atoms with Crippen molar-refractivity contribution in [1.82, 2.24) is 15.1 Å². The highest BCUT2D eigenvalue weighted by Gasteiger charge is 2.18. The number of ether oxygens (including phenoxy) is 2. The number of aliphatic hydroxyl groups excluding tert-OH is 1. The van der Waals surface area contributed by atoms with Gasteiger partial charge in [-0.15, -0.1) is 0 Å². The summed E-state index contributed by atoms with van der Waals surface area (Å²) in [7, 11) is 4.85. The highest BCUT2D eigenvalue weighted by atomic mass is 16.5. The van der Waals surface area contributed by atoms with Crippen molar-refractivity contribution in [3.05, 3.63) is 78.2 Å². The molecule has 1 atom stereocenters. The van der Waals surface area contributed by atoms with Crippen molar-refractivity contribution in [3.8, 4) is 34.1 Å². The lowest BCUT2D eigenvalue weighted by molar-refractivity contribution is 0.0907. The summed E-state index contributed by atoms with van der Waals surface area (Å²) in [6.07, 6.45) is 0.757.